The predicted octanol–water partition coefficient (Wildman–Crippen LogP) is 4.81. The molecule has 5 nitrogen and oxygen atoms in total. The number of nitrogens with zero attached hydrogens (tertiary/aromatic N) is 1. The van der Waals surface area contributed by atoms with Gasteiger partial charge in [-0.2, -0.15) is 0 Å². The summed E-state index contributed by atoms with van der Waals surface area (Å²) in [5.74, 6) is -0.519. The highest BCUT2D eigenvalue weighted by Gasteiger charge is 2.31. The number of quaternary nitrogens is 1. The fourth-order valence-electron chi connectivity index (χ4n) is 3.86. The lowest BCUT2D eigenvalue weighted by Gasteiger charge is -2.39. The van der Waals surface area contributed by atoms with Gasteiger partial charge in [-0.3, -0.25) is 4.48 Å². The number of rotatable bonds is 17. The highest BCUT2D eigenvalue weighted by Crippen LogP contribution is 2.21. The van der Waals surface area contributed by atoms with Crippen LogP contribution in [0.15, 0.2) is 30.3 Å². The van der Waals surface area contributed by atoms with Crippen LogP contribution in [-0.2, 0) is 16.7 Å². The summed E-state index contributed by atoms with van der Waals surface area (Å²) >= 11 is 0. The van der Waals surface area contributed by atoms with Crippen LogP contribution in [0.4, 0.5) is 0 Å². The Labute approximate surface area is 178 Å². The third-order valence-electron chi connectivity index (χ3n) is 5.75. The minimum atomic E-state index is -4.32. The molecule has 1 aromatic carbocycles. The maximum absolute atomic E-state index is 11.0. The van der Waals surface area contributed by atoms with Gasteiger partial charge in [-0.05, 0) is 12.8 Å². The lowest BCUT2D eigenvalue weighted by molar-refractivity contribution is -0.966. The summed E-state index contributed by atoms with van der Waals surface area (Å²) in [5.41, 5.74) is 1.10. The summed E-state index contributed by atoms with van der Waals surface area (Å²) in [6.07, 6.45) is 11.6. The van der Waals surface area contributed by atoms with E-state index in [0.29, 0.717) is 11.0 Å². The molecule has 1 aromatic rings. The zero-order chi connectivity index (χ0) is 21.6. The summed E-state index contributed by atoms with van der Waals surface area (Å²) in [5, 5.41) is 10.7. The number of unbranched alkanes of at least 4 members (excludes halogenated alkanes) is 9. The van der Waals surface area contributed by atoms with Gasteiger partial charge in [0.05, 0.1) is 23.7 Å². The molecule has 0 radical (unpaired) electrons. The van der Waals surface area contributed by atoms with Crippen LogP contribution >= 0.6 is 0 Å². The zero-order valence-electron chi connectivity index (χ0n) is 18.4. The first-order valence-electron chi connectivity index (χ1n) is 11.3. The Bertz CT molecular complexity index is 636. The van der Waals surface area contributed by atoms with Crippen LogP contribution in [0.5, 0.6) is 0 Å². The molecule has 1 N–H and O–H groups in total. The quantitative estimate of drug-likeness (QED) is 0.167. The maximum Gasteiger partial charge on any atom is 0.191 e. The number of hydrogen-bond donors (Lipinski definition) is 1. The minimum Gasteiger partial charge on any atom is -0.748 e. The van der Waals surface area contributed by atoms with E-state index in [0.717, 1.165) is 24.9 Å². The van der Waals surface area contributed by atoms with Crippen molar-refractivity contribution in [3.05, 3.63) is 35.9 Å². The first kappa shape index (κ1) is 26.1. The summed E-state index contributed by atoms with van der Waals surface area (Å²) in [6.45, 7) is 3.63. The van der Waals surface area contributed by atoms with Crippen molar-refractivity contribution in [1.29, 1.82) is 0 Å². The van der Waals surface area contributed by atoms with Crippen LogP contribution in [0.2, 0.25) is 0 Å². The lowest BCUT2D eigenvalue weighted by Crippen LogP contribution is -2.52. The molecule has 0 aliphatic rings. The van der Waals surface area contributed by atoms with Crippen molar-refractivity contribution in [1.82, 2.24) is 0 Å². The summed E-state index contributed by atoms with van der Waals surface area (Å²) in [6, 6.07) is 9.93. The van der Waals surface area contributed by atoms with Crippen LogP contribution in [0, 0.1) is 0 Å². The van der Waals surface area contributed by atoms with Gasteiger partial charge < -0.3 is 9.66 Å². The number of aliphatic hydroxyl groups excluding tert-OH is 1. The maximum atomic E-state index is 11.0. The standard InChI is InChI=1S/C23H41NO4S/c1-3-4-5-6-7-8-9-10-11-15-19-24(2,21-22-16-13-12-14-17-22)23(25)18-20-29(26,27)28/h12-14,16-17,23,25H,3-11,15,18-21H2,1-2H3. The van der Waals surface area contributed by atoms with Gasteiger partial charge in [0.25, 0.3) is 0 Å². The highest BCUT2D eigenvalue weighted by atomic mass is 32.2. The molecule has 0 saturated heterocycles. The van der Waals surface area contributed by atoms with Gasteiger partial charge in [-0.1, -0.05) is 88.6 Å². The van der Waals surface area contributed by atoms with Crippen molar-refractivity contribution >= 4 is 10.1 Å². The Kier molecular flexibility index (Phi) is 12.7. The van der Waals surface area contributed by atoms with Gasteiger partial charge in [-0.15, -0.1) is 0 Å². The van der Waals surface area contributed by atoms with Crippen LogP contribution in [0.3, 0.4) is 0 Å². The molecule has 1 rings (SSSR count). The molecular formula is C23H41NO4S. The average molecular weight is 428 g/mol. The molecule has 0 aliphatic carbocycles. The largest absolute Gasteiger partial charge is 0.748 e. The van der Waals surface area contributed by atoms with Crippen molar-refractivity contribution < 1.29 is 22.6 Å². The second kappa shape index (κ2) is 14.1. The zero-order valence-corrected chi connectivity index (χ0v) is 19.2. The molecule has 2 atom stereocenters. The second-order valence-corrected chi connectivity index (χ2v) is 10.1. The highest BCUT2D eigenvalue weighted by molar-refractivity contribution is 7.85. The number of benzene rings is 1. The molecular weight excluding hydrogens is 386 g/mol. The molecule has 0 heterocycles. The fourth-order valence-corrected chi connectivity index (χ4v) is 4.36. The van der Waals surface area contributed by atoms with Crippen LogP contribution in [0.1, 0.15) is 83.1 Å². The Balaban J connectivity index is 2.45. The molecule has 0 bridgehead atoms. The Morgan fingerprint density at radius 3 is 1.97 bits per heavy atom. The summed E-state index contributed by atoms with van der Waals surface area (Å²) in [7, 11) is -2.36. The van der Waals surface area contributed by atoms with Crippen molar-refractivity contribution in [2.75, 3.05) is 19.3 Å². The van der Waals surface area contributed by atoms with Crippen LogP contribution in [-0.4, -0.2) is 48.1 Å². The Morgan fingerprint density at radius 2 is 1.45 bits per heavy atom. The summed E-state index contributed by atoms with van der Waals surface area (Å²) < 4.78 is 33.3. The van der Waals surface area contributed by atoms with Crippen molar-refractivity contribution in [2.24, 2.45) is 0 Å². The van der Waals surface area contributed by atoms with Gasteiger partial charge >= 0.3 is 0 Å². The lowest BCUT2D eigenvalue weighted by atomic mass is 10.1. The van der Waals surface area contributed by atoms with E-state index in [1.807, 2.05) is 37.4 Å². The third kappa shape index (κ3) is 12.4. The number of hydrogen-bond acceptors (Lipinski definition) is 4. The molecule has 2 unspecified atom stereocenters. The molecule has 0 aromatic heterocycles. The smallest absolute Gasteiger partial charge is 0.191 e. The SMILES string of the molecule is CCCCCCCCCCCC[N+](C)(Cc1ccccc1)C(O)CCS(=O)(=O)[O-]. The molecule has 168 valence electrons. The van der Waals surface area contributed by atoms with E-state index in [4.69, 9.17) is 0 Å². The van der Waals surface area contributed by atoms with E-state index in [1.54, 1.807) is 0 Å². The van der Waals surface area contributed by atoms with Gasteiger partial charge in [0.2, 0.25) is 0 Å². The third-order valence-corrected chi connectivity index (χ3v) is 6.49. The van der Waals surface area contributed by atoms with E-state index >= 15 is 0 Å². The molecule has 0 saturated carbocycles. The molecule has 0 spiro atoms. The van der Waals surface area contributed by atoms with Gasteiger partial charge in [0, 0.05) is 17.7 Å². The molecule has 0 amide bonds. The molecule has 0 fully saturated rings. The Morgan fingerprint density at radius 1 is 0.931 bits per heavy atom. The van der Waals surface area contributed by atoms with Gasteiger partial charge in [0.1, 0.15) is 6.54 Å². The Hall–Kier alpha value is -0.950. The van der Waals surface area contributed by atoms with Crippen molar-refractivity contribution in [3.63, 3.8) is 0 Å². The monoisotopic (exact) mass is 427 g/mol. The first-order chi connectivity index (χ1) is 13.8. The fraction of sp³-hybridized carbons (Fsp3) is 0.739. The van der Waals surface area contributed by atoms with Crippen LogP contribution < -0.4 is 0 Å². The van der Waals surface area contributed by atoms with Crippen LogP contribution in [0.25, 0.3) is 0 Å². The first-order valence-corrected chi connectivity index (χ1v) is 12.8. The summed E-state index contributed by atoms with van der Waals surface area (Å²) in [4.78, 5) is 0. The van der Waals surface area contributed by atoms with E-state index in [1.165, 1.54) is 51.4 Å². The minimum absolute atomic E-state index is 0.0209. The van der Waals surface area contributed by atoms with E-state index in [-0.39, 0.29) is 6.42 Å². The normalized spacial score (nSPS) is 15.2. The second-order valence-electron chi connectivity index (χ2n) is 8.56. The van der Waals surface area contributed by atoms with Crippen molar-refractivity contribution in [2.45, 2.75) is 90.3 Å². The van der Waals surface area contributed by atoms with Gasteiger partial charge in [-0.25, -0.2) is 8.42 Å². The average Bonchev–Trinajstić information content (AvgIpc) is 2.67. The molecule has 6 heteroatoms. The topological polar surface area (TPSA) is 77.4 Å². The van der Waals surface area contributed by atoms with Gasteiger partial charge in [0.15, 0.2) is 6.23 Å². The van der Waals surface area contributed by atoms with E-state index in [9.17, 15) is 18.1 Å². The molecule has 0 aliphatic heterocycles. The van der Waals surface area contributed by atoms with Crippen molar-refractivity contribution in [3.8, 4) is 0 Å². The van der Waals surface area contributed by atoms with E-state index < -0.39 is 22.1 Å². The number of aliphatic hydroxyl groups is 1. The molecule has 29 heavy (non-hydrogen) atoms. The predicted molar refractivity (Wildman–Crippen MR) is 118 cm³/mol. The van der Waals surface area contributed by atoms with E-state index in [2.05, 4.69) is 6.92 Å².